The molecular formula is C65H42N6Si. The van der Waals surface area contributed by atoms with Crippen molar-refractivity contribution in [3.8, 4) is 28.7 Å². The van der Waals surface area contributed by atoms with Gasteiger partial charge >= 0.3 is 0 Å². The van der Waals surface area contributed by atoms with Crippen LogP contribution in [0.15, 0.2) is 255 Å². The molecule has 14 rings (SSSR count). The lowest BCUT2D eigenvalue weighted by atomic mass is 10.1. The molecule has 0 atom stereocenters. The summed E-state index contributed by atoms with van der Waals surface area (Å²) in [6.07, 6.45) is 0. The molecule has 0 fully saturated rings. The van der Waals surface area contributed by atoms with Crippen LogP contribution in [0.3, 0.4) is 0 Å². The van der Waals surface area contributed by atoms with E-state index in [-0.39, 0.29) is 0 Å². The number of fused-ring (bicyclic) bond motifs is 9. The Hall–Kier alpha value is -9.61. The standard InChI is InChI=1S/C65H42N6Si/c1-66-45-35-39-55-53-27-13-18-32-61(53)71(63(55)41-45)65-67-57(44-33-37-50(38-34-44)72(47-19-5-2-6-20-47,48-21-7-3-8-22-48)49-23-9-4-10-24-49)43-64(68-65)70-60-31-17-14-28-54(60)56-42-46(36-40-62(56)70)69-58-29-15-11-25-51(58)52-26-12-16-30-59(52)69/h2-43H. The van der Waals surface area contributed by atoms with Crippen LogP contribution in [0.25, 0.3) is 99.0 Å². The molecule has 72 heavy (non-hydrogen) atoms. The van der Waals surface area contributed by atoms with Crippen molar-refractivity contribution in [3.63, 3.8) is 0 Å². The minimum absolute atomic E-state index is 0.523. The molecule has 10 aromatic carbocycles. The highest BCUT2D eigenvalue weighted by Crippen LogP contribution is 2.39. The molecule has 0 unspecified atom stereocenters. The predicted octanol–water partition coefficient (Wildman–Crippen LogP) is 13.4. The maximum Gasteiger partial charge on any atom is 0.237 e. The molecule has 0 radical (unpaired) electrons. The third-order valence-corrected chi connectivity index (χ3v) is 19.4. The molecule has 0 aliphatic rings. The molecule has 336 valence electrons. The van der Waals surface area contributed by atoms with Gasteiger partial charge in [-0.05, 0) is 69.3 Å². The van der Waals surface area contributed by atoms with Crippen molar-refractivity contribution in [1.82, 2.24) is 23.7 Å². The molecule has 4 aromatic heterocycles. The SMILES string of the molecule is [C-]#[N+]c1ccc2c3ccccc3n(-c3nc(-c4ccc([Si](c5ccccc5)(c5ccccc5)c5ccccc5)cc4)cc(-n4c5ccccc5c5cc(-n6c7ccccc7c7ccccc76)ccc54)n3)c2c1. The highest BCUT2D eigenvalue weighted by molar-refractivity contribution is 7.19. The van der Waals surface area contributed by atoms with Gasteiger partial charge in [-0.2, -0.15) is 4.98 Å². The largest absolute Gasteiger partial charge is 0.309 e. The van der Waals surface area contributed by atoms with Crippen LogP contribution in [0, 0.1) is 6.57 Å². The van der Waals surface area contributed by atoms with Gasteiger partial charge in [-0.15, -0.1) is 0 Å². The second kappa shape index (κ2) is 16.5. The van der Waals surface area contributed by atoms with E-state index in [1.807, 2.05) is 12.1 Å². The number of rotatable bonds is 8. The molecule has 0 bridgehead atoms. The van der Waals surface area contributed by atoms with Crippen LogP contribution in [0.1, 0.15) is 0 Å². The third-order valence-electron chi connectivity index (χ3n) is 14.6. The average Bonchev–Trinajstić information content (AvgIpc) is 4.09. The second-order valence-corrected chi connectivity index (χ2v) is 22.2. The maximum atomic E-state index is 8.01. The zero-order valence-corrected chi connectivity index (χ0v) is 39.9. The summed E-state index contributed by atoms with van der Waals surface area (Å²) in [4.78, 5) is 14.9. The van der Waals surface area contributed by atoms with E-state index in [4.69, 9.17) is 16.5 Å². The van der Waals surface area contributed by atoms with Crippen molar-refractivity contribution < 1.29 is 0 Å². The number of benzene rings is 10. The monoisotopic (exact) mass is 934 g/mol. The van der Waals surface area contributed by atoms with E-state index in [1.165, 1.54) is 42.6 Å². The Bertz CT molecular complexity index is 4300. The Morgan fingerprint density at radius 3 is 1.32 bits per heavy atom. The molecule has 0 amide bonds. The fourth-order valence-electron chi connectivity index (χ4n) is 11.5. The molecule has 0 aliphatic carbocycles. The molecule has 0 spiro atoms. The van der Waals surface area contributed by atoms with Gasteiger partial charge in [-0.3, -0.25) is 9.13 Å². The van der Waals surface area contributed by atoms with Crippen molar-refractivity contribution >= 4 is 99.9 Å². The normalized spacial score (nSPS) is 11.9. The van der Waals surface area contributed by atoms with Crippen LogP contribution in [0.4, 0.5) is 5.69 Å². The summed E-state index contributed by atoms with van der Waals surface area (Å²) in [6.45, 7) is 8.01. The number of aromatic nitrogens is 5. The van der Waals surface area contributed by atoms with E-state index in [1.54, 1.807) is 0 Å². The molecule has 4 heterocycles. The third kappa shape index (κ3) is 6.26. The lowest BCUT2D eigenvalue weighted by Crippen LogP contribution is -2.74. The van der Waals surface area contributed by atoms with Crippen molar-refractivity contribution in [2.24, 2.45) is 0 Å². The molecule has 6 nitrogen and oxygen atoms in total. The van der Waals surface area contributed by atoms with Crippen molar-refractivity contribution in [1.29, 1.82) is 0 Å². The summed E-state index contributed by atoms with van der Waals surface area (Å²) >= 11 is 0. The Morgan fingerprint density at radius 1 is 0.333 bits per heavy atom. The van der Waals surface area contributed by atoms with E-state index >= 15 is 0 Å². The molecule has 0 aliphatic heterocycles. The zero-order valence-electron chi connectivity index (χ0n) is 38.9. The summed E-state index contributed by atoms with van der Waals surface area (Å²) in [6, 6.07) is 91.4. The summed E-state index contributed by atoms with van der Waals surface area (Å²) < 4.78 is 6.80. The van der Waals surface area contributed by atoms with Gasteiger partial charge in [0.1, 0.15) is 5.82 Å². The fraction of sp³-hybridized carbons (Fsp3) is 0. The molecule has 0 saturated carbocycles. The minimum atomic E-state index is -2.79. The lowest BCUT2D eigenvalue weighted by molar-refractivity contribution is 0.952. The Labute approximate surface area is 416 Å². The van der Waals surface area contributed by atoms with Gasteiger partial charge in [-0.1, -0.05) is 200 Å². The van der Waals surface area contributed by atoms with Crippen molar-refractivity contribution in [2.45, 2.75) is 0 Å². The Morgan fingerprint density at radius 2 is 0.778 bits per heavy atom. The van der Waals surface area contributed by atoms with Crippen LogP contribution in [0.2, 0.25) is 0 Å². The molecule has 0 N–H and O–H groups in total. The van der Waals surface area contributed by atoms with Crippen LogP contribution < -0.4 is 20.7 Å². The highest BCUT2D eigenvalue weighted by atomic mass is 28.3. The lowest BCUT2D eigenvalue weighted by Gasteiger charge is -2.34. The summed E-state index contributed by atoms with van der Waals surface area (Å²) in [5.74, 6) is 1.26. The van der Waals surface area contributed by atoms with Crippen LogP contribution in [0.5, 0.6) is 0 Å². The summed E-state index contributed by atoms with van der Waals surface area (Å²) in [5.41, 5.74) is 9.67. The number of hydrogen-bond acceptors (Lipinski definition) is 2. The topological polar surface area (TPSA) is 44.9 Å². The van der Waals surface area contributed by atoms with Gasteiger partial charge in [0.25, 0.3) is 0 Å². The average molecular weight is 935 g/mol. The smallest absolute Gasteiger partial charge is 0.237 e. The molecule has 0 saturated heterocycles. The first-order valence-corrected chi connectivity index (χ1v) is 26.3. The molecular weight excluding hydrogens is 893 g/mol. The van der Waals surface area contributed by atoms with E-state index in [2.05, 4.69) is 261 Å². The van der Waals surface area contributed by atoms with Crippen molar-refractivity contribution in [2.75, 3.05) is 0 Å². The molecule has 14 aromatic rings. The Kier molecular flexibility index (Phi) is 9.49. The van der Waals surface area contributed by atoms with Crippen LogP contribution >= 0.6 is 0 Å². The van der Waals surface area contributed by atoms with Gasteiger partial charge in [0.2, 0.25) is 5.95 Å². The van der Waals surface area contributed by atoms with E-state index in [0.29, 0.717) is 11.6 Å². The summed E-state index contributed by atoms with van der Waals surface area (Å²) in [7, 11) is -2.79. The highest BCUT2D eigenvalue weighted by Gasteiger charge is 2.41. The molecule has 7 heteroatoms. The van der Waals surface area contributed by atoms with E-state index in [0.717, 1.165) is 66.4 Å². The van der Waals surface area contributed by atoms with Gasteiger partial charge in [0.05, 0.1) is 39.8 Å². The first-order chi connectivity index (χ1) is 35.7. The predicted molar refractivity (Wildman–Crippen MR) is 300 cm³/mol. The van der Waals surface area contributed by atoms with Gasteiger partial charge in [0.15, 0.2) is 13.8 Å². The van der Waals surface area contributed by atoms with Gasteiger partial charge in [-0.25, -0.2) is 9.83 Å². The quantitative estimate of drug-likeness (QED) is 0.0866. The zero-order chi connectivity index (χ0) is 47.8. The number of hydrogen-bond donors (Lipinski definition) is 0. The van der Waals surface area contributed by atoms with E-state index in [9.17, 15) is 0 Å². The summed E-state index contributed by atoms with van der Waals surface area (Å²) in [5, 5.41) is 12.1. The maximum absolute atomic E-state index is 8.01. The number of nitrogens with zero attached hydrogens (tertiary/aromatic N) is 6. The first-order valence-electron chi connectivity index (χ1n) is 24.3. The Balaban J connectivity index is 1.02. The van der Waals surface area contributed by atoms with Crippen LogP contribution in [-0.4, -0.2) is 31.7 Å². The number of para-hydroxylation sites is 4. The van der Waals surface area contributed by atoms with Gasteiger partial charge < -0.3 is 4.57 Å². The van der Waals surface area contributed by atoms with Crippen LogP contribution in [-0.2, 0) is 0 Å². The first kappa shape index (κ1) is 41.4. The van der Waals surface area contributed by atoms with Crippen molar-refractivity contribution in [3.05, 3.63) is 266 Å². The fourth-order valence-corrected chi connectivity index (χ4v) is 16.3. The minimum Gasteiger partial charge on any atom is -0.309 e. The second-order valence-electron chi connectivity index (χ2n) is 18.4. The van der Waals surface area contributed by atoms with Gasteiger partial charge in [0, 0.05) is 55.2 Å². The van der Waals surface area contributed by atoms with E-state index < -0.39 is 8.07 Å².